The van der Waals surface area contributed by atoms with Crippen LogP contribution in [-0.4, -0.2) is 37.3 Å². The molecule has 94 valence electrons. The molecule has 0 saturated heterocycles. The first-order valence-electron chi connectivity index (χ1n) is 5.35. The van der Waals surface area contributed by atoms with Gasteiger partial charge < -0.3 is 10.4 Å². The van der Waals surface area contributed by atoms with Crippen molar-refractivity contribution in [2.45, 2.75) is 38.8 Å². The first kappa shape index (κ1) is 13.1. The van der Waals surface area contributed by atoms with Crippen molar-refractivity contribution in [2.75, 3.05) is 0 Å². The number of nitrogens with zero attached hydrogens (tertiary/aromatic N) is 3. The Kier molecular flexibility index (Phi) is 4.19. The smallest absolute Gasteiger partial charge is 0.329 e. The SMILES string of the molecule is CCCC(C)(NC(=O)Cn1cncn1)C(=O)O. The average Bonchev–Trinajstić information content (AvgIpc) is 2.70. The van der Waals surface area contributed by atoms with Crippen LogP contribution in [-0.2, 0) is 16.1 Å². The molecule has 7 heteroatoms. The maximum absolute atomic E-state index is 11.6. The summed E-state index contributed by atoms with van der Waals surface area (Å²) >= 11 is 0. The molecule has 2 N–H and O–H groups in total. The molecule has 0 aliphatic rings. The number of aromatic nitrogens is 3. The summed E-state index contributed by atoms with van der Waals surface area (Å²) in [5.74, 6) is -1.43. The molecule has 1 amide bonds. The average molecular weight is 240 g/mol. The van der Waals surface area contributed by atoms with Gasteiger partial charge in [-0.15, -0.1) is 0 Å². The fourth-order valence-corrected chi connectivity index (χ4v) is 1.53. The van der Waals surface area contributed by atoms with Gasteiger partial charge in [-0.2, -0.15) is 5.10 Å². The highest BCUT2D eigenvalue weighted by Crippen LogP contribution is 2.12. The second-order valence-electron chi connectivity index (χ2n) is 4.03. The molecule has 1 rings (SSSR count). The number of carbonyl (C=O) groups is 2. The number of rotatable bonds is 6. The third kappa shape index (κ3) is 3.54. The van der Waals surface area contributed by atoms with E-state index in [1.807, 2.05) is 6.92 Å². The zero-order valence-electron chi connectivity index (χ0n) is 9.88. The Labute approximate surface area is 98.8 Å². The number of hydrogen-bond acceptors (Lipinski definition) is 4. The highest BCUT2D eigenvalue weighted by Gasteiger charge is 2.33. The molecule has 1 aromatic rings. The number of hydrogen-bond donors (Lipinski definition) is 2. The van der Waals surface area contributed by atoms with Crippen molar-refractivity contribution in [2.24, 2.45) is 0 Å². The van der Waals surface area contributed by atoms with E-state index in [0.717, 1.165) is 0 Å². The molecule has 0 aliphatic carbocycles. The standard InChI is InChI=1S/C10H16N4O3/c1-3-4-10(2,9(16)17)13-8(15)5-14-7-11-6-12-14/h6-7H,3-5H2,1-2H3,(H,13,15)(H,16,17). The van der Waals surface area contributed by atoms with Crippen molar-refractivity contribution in [3.05, 3.63) is 12.7 Å². The number of carbonyl (C=O) groups excluding carboxylic acids is 1. The molecule has 0 spiro atoms. The van der Waals surface area contributed by atoms with E-state index in [4.69, 9.17) is 5.11 Å². The van der Waals surface area contributed by atoms with E-state index < -0.39 is 17.4 Å². The zero-order chi connectivity index (χ0) is 12.9. The van der Waals surface area contributed by atoms with Gasteiger partial charge in [-0.3, -0.25) is 4.79 Å². The predicted octanol–water partition coefficient (Wildman–Crippen LogP) is 0.0377. The van der Waals surface area contributed by atoms with Gasteiger partial charge in [0.15, 0.2) is 0 Å². The van der Waals surface area contributed by atoms with Gasteiger partial charge in [0.2, 0.25) is 5.91 Å². The van der Waals surface area contributed by atoms with Crippen LogP contribution in [0.25, 0.3) is 0 Å². The lowest BCUT2D eigenvalue weighted by molar-refractivity contribution is -0.147. The maximum Gasteiger partial charge on any atom is 0.329 e. The number of aliphatic carboxylic acids is 1. The Bertz CT molecular complexity index is 390. The summed E-state index contributed by atoms with van der Waals surface area (Å²) in [4.78, 5) is 26.4. The Morgan fingerprint density at radius 2 is 2.24 bits per heavy atom. The van der Waals surface area contributed by atoms with Crippen LogP contribution in [0.4, 0.5) is 0 Å². The van der Waals surface area contributed by atoms with Crippen LogP contribution in [0.5, 0.6) is 0 Å². The minimum atomic E-state index is -1.23. The lowest BCUT2D eigenvalue weighted by Crippen LogP contribution is -2.52. The largest absolute Gasteiger partial charge is 0.480 e. The van der Waals surface area contributed by atoms with E-state index >= 15 is 0 Å². The maximum atomic E-state index is 11.6. The Hall–Kier alpha value is -1.92. The van der Waals surface area contributed by atoms with Gasteiger partial charge in [-0.25, -0.2) is 14.5 Å². The van der Waals surface area contributed by atoms with Gasteiger partial charge >= 0.3 is 5.97 Å². The van der Waals surface area contributed by atoms with E-state index in [1.165, 1.54) is 24.3 Å². The Morgan fingerprint density at radius 3 is 2.71 bits per heavy atom. The first-order chi connectivity index (χ1) is 7.98. The van der Waals surface area contributed by atoms with E-state index in [-0.39, 0.29) is 6.54 Å². The molecule has 0 bridgehead atoms. The normalized spacial score (nSPS) is 14.0. The summed E-state index contributed by atoms with van der Waals surface area (Å²) in [6.45, 7) is 3.33. The predicted molar refractivity (Wildman–Crippen MR) is 59.1 cm³/mol. The van der Waals surface area contributed by atoms with Gasteiger partial charge in [0.05, 0.1) is 0 Å². The molecule has 0 radical (unpaired) electrons. The quantitative estimate of drug-likeness (QED) is 0.731. The number of carboxylic acid groups (broad SMARTS) is 1. The first-order valence-corrected chi connectivity index (χ1v) is 5.35. The Morgan fingerprint density at radius 1 is 1.53 bits per heavy atom. The molecule has 1 unspecified atom stereocenters. The van der Waals surface area contributed by atoms with Crippen molar-refractivity contribution in [3.63, 3.8) is 0 Å². The summed E-state index contributed by atoms with van der Waals surface area (Å²) in [5, 5.41) is 15.4. The number of amides is 1. The van der Waals surface area contributed by atoms with Crippen LogP contribution < -0.4 is 5.32 Å². The third-order valence-electron chi connectivity index (χ3n) is 2.41. The number of nitrogens with one attached hydrogen (secondary N) is 1. The summed E-state index contributed by atoms with van der Waals surface area (Å²) in [7, 11) is 0. The topological polar surface area (TPSA) is 97.1 Å². The summed E-state index contributed by atoms with van der Waals surface area (Å²) in [5.41, 5.74) is -1.23. The van der Waals surface area contributed by atoms with E-state index in [1.54, 1.807) is 0 Å². The molecule has 1 atom stereocenters. The minimum Gasteiger partial charge on any atom is -0.480 e. The fourth-order valence-electron chi connectivity index (χ4n) is 1.53. The van der Waals surface area contributed by atoms with Crippen molar-refractivity contribution < 1.29 is 14.7 Å². The van der Waals surface area contributed by atoms with Gasteiger partial charge in [0, 0.05) is 0 Å². The van der Waals surface area contributed by atoms with E-state index in [0.29, 0.717) is 12.8 Å². The van der Waals surface area contributed by atoms with Gasteiger partial charge in [0.25, 0.3) is 0 Å². The molecule has 1 heterocycles. The monoisotopic (exact) mass is 240 g/mol. The highest BCUT2D eigenvalue weighted by atomic mass is 16.4. The zero-order valence-corrected chi connectivity index (χ0v) is 9.88. The highest BCUT2D eigenvalue weighted by molar-refractivity contribution is 5.86. The molecule has 7 nitrogen and oxygen atoms in total. The van der Waals surface area contributed by atoms with Crippen LogP contribution in [0.15, 0.2) is 12.7 Å². The summed E-state index contributed by atoms with van der Waals surface area (Å²) in [6, 6.07) is 0. The second kappa shape index (κ2) is 5.42. The molecule has 17 heavy (non-hydrogen) atoms. The summed E-state index contributed by atoms with van der Waals surface area (Å²) in [6.07, 6.45) is 3.77. The molecular weight excluding hydrogens is 224 g/mol. The van der Waals surface area contributed by atoms with Crippen LogP contribution in [0.2, 0.25) is 0 Å². The molecule has 0 aliphatic heterocycles. The molecular formula is C10H16N4O3. The van der Waals surface area contributed by atoms with Gasteiger partial charge in [-0.1, -0.05) is 13.3 Å². The second-order valence-corrected chi connectivity index (χ2v) is 4.03. The molecule has 0 aromatic carbocycles. The summed E-state index contributed by atoms with van der Waals surface area (Å²) < 4.78 is 1.34. The van der Waals surface area contributed by atoms with Crippen molar-refractivity contribution in [3.8, 4) is 0 Å². The van der Waals surface area contributed by atoms with E-state index in [9.17, 15) is 9.59 Å². The van der Waals surface area contributed by atoms with Crippen LogP contribution >= 0.6 is 0 Å². The van der Waals surface area contributed by atoms with Crippen molar-refractivity contribution in [1.29, 1.82) is 0 Å². The lowest BCUT2D eigenvalue weighted by Gasteiger charge is -2.25. The molecule has 1 aromatic heterocycles. The third-order valence-corrected chi connectivity index (χ3v) is 2.41. The van der Waals surface area contributed by atoms with Gasteiger partial charge in [0.1, 0.15) is 24.7 Å². The van der Waals surface area contributed by atoms with E-state index in [2.05, 4.69) is 15.4 Å². The lowest BCUT2D eigenvalue weighted by atomic mass is 9.96. The van der Waals surface area contributed by atoms with Crippen LogP contribution in [0.1, 0.15) is 26.7 Å². The fraction of sp³-hybridized carbons (Fsp3) is 0.600. The van der Waals surface area contributed by atoms with Crippen molar-refractivity contribution in [1.82, 2.24) is 20.1 Å². The molecule has 0 saturated carbocycles. The Balaban J connectivity index is 2.61. The van der Waals surface area contributed by atoms with Crippen molar-refractivity contribution >= 4 is 11.9 Å². The minimum absolute atomic E-state index is 0.0351. The number of carboxylic acids is 1. The molecule has 0 fully saturated rings. The van der Waals surface area contributed by atoms with Crippen LogP contribution in [0, 0.1) is 0 Å². The van der Waals surface area contributed by atoms with Crippen LogP contribution in [0.3, 0.4) is 0 Å². The van der Waals surface area contributed by atoms with Gasteiger partial charge in [-0.05, 0) is 13.3 Å².